The van der Waals surface area contributed by atoms with Gasteiger partial charge in [0, 0.05) is 16.6 Å². The van der Waals surface area contributed by atoms with Crippen LogP contribution < -0.4 is 10.1 Å². The zero-order valence-corrected chi connectivity index (χ0v) is 13.9. The second kappa shape index (κ2) is 7.52. The van der Waals surface area contributed by atoms with Gasteiger partial charge in [-0.1, -0.05) is 47.5 Å². The van der Waals surface area contributed by atoms with Gasteiger partial charge in [-0.15, -0.1) is 0 Å². The number of hydrogen-bond donors (Lipinski definition) is 1. The fraction of sp³-hybridized carbons (Fsp3) is 0.235. The van der Waals surface area contributed by atoms with Crippen molar-refractivity contribution < 1.29 is 9.53 Å². The number of para-hydroxylation sites is 1. The third kappa shape index (κ3) is 4.39. The van der Waals surface area contributed by atoms with Crippen molar-refractivity contribution in [3.8, 4) is 5.75 Å². The number of ether oxygens (including phenoxy) is 1. The standard InChI is InChI=1S/C17H17Cl2NO2/c1-11-5-3-4-6-16(11)22-12(2)17(21)20-10-13-7-8-14(18)9-15(13)19/h3-9,12H,10H2,1-2H3,(H,20,21)/t12-/m1/s1. The molecule has 2 aromatic carbocycles. The van der Waals surface area contributed by atoms with Crippen molar-refractivity contribution in [2.45, 2.75) is 26.5 Å². The molecule has 0 aliphatic heterocycles. The average molecular weight is 338 g/mol. The first-order valence-corrected chi connectivity index (χ1v) is 7.67. The van der Waals surface area contributed by atoms with Gasteiger partial charge < -0.3 is 10.1 Å². The zero-order chi connectivity index (χ0) is 16.1. The highest BCUT2D eigenvalue weighted by molar-refractivity contribution is 6.35. The number of amides is 1. The Morgan fingerprint density at radius 3 is 2.64 bits per heavy atom. The van der Waals surface area contributed by atoms with Crippen molar-refractivity contribution in [1.82, 2.24) is 5.32 Å². The lowest BCUT2D eigenvalue weighted by Crippen LogP contribution is -2.36. The van der Waals surface area contributed by atoms with Crippen LogP contribution >= 0.6 is 23.2 Å². The molecule has 0 saturated heterocycles. The van der Waals surface area contributed by atoms with Crippen LogP contribution in [0.5, 0.6) is 5.75 Å². The second-order valence-corrected chi connectivity index (χ2v) is 5.82. The molecule has 0 saturated carbocycles. The molecule has 2 aromatic rings. The van der Waals surface area contributed by atoms with E-state index in [0.717, 1.165) is 11.1 Å². The topological polar surface area (TPSA) is 38.3 Å². The van der Waals surface area contributed by atoms with E-state index < -0.39 is 6.10 Å². The summed E-state index contributed by atoms with van der Waals surface area (Å²) in [5.74, 6) is 0.504. The van der Waals surface area contributed by atoms with E-state index in [1.807, 2.05) is 31.2 Å². The minimum absolute atomic E-state index is 0.200. The Labute approximate surface area is 140 Å². The van der Waals surface area contributed by atoms with Gasteiger partial charge >= 0.3 is 0 Å². The van der Waals surface area contributed by atoms with Crippen LogP contribution in [0.25, 0.3) is 0 Å². The summed E-state index contributed by atoms with van der Waals surface area (Å²) in [7, 11) is 0. The van der Waals surface area contributed by atoms with E-state index in [9.17, 15) is 4.79 Å². The maximum Gasteiger partial charge on any atom is 0.261 e. The molecule has 0 aliphatic rings. The van der Waals surface area contributed by atoms with Crippen LogP contribution in [-0.2, 0) is 11.3 Å². The molecule has 0 bridgehead atoms. The molecule has 2 rings (SSSR count). The van der Waals surface area contributed by atoms with Crippen LogP contribution in [-0.4, -0.2) is 12.0 Å². The van der Waals surface area contributed by atoms with Crippen LogP contribution in [0.15, 0.2) is 42.5 Å². The number of carbonyl (C=O) groups excluding carboxylic acids is 1. The highest BCUT2D eigenvalue weighted by Crippen LogP contribution is 2.21. The molecule has 1 atom stereocenters. The van der Waals surface area contributed by atoms with Crippen LogP contribution in [0, 0.1) is 6.92 Å². The quantitative estimate of drug-likeness (QED) is 0.878. The predicted octanol–water partition coefficient (Wildman–Crippen LogP) is 4.39. The van der Waals surface area contributed by atoms with Crippen LogP contribution in [0.4, 0.5) is 0 Å². The van der Waals surface area contributed by atoms with Gasteiger partial charge in [-0.25, -0.2) is 0 Å². The number of hydrogen-bond acceptors (Lipinski definition) is 2. The number of aryl methyl sites for hydroxylation is 1. The fourth-order valence-corrected chi connectivity index (χ4v) is 2.40. The van der Waals surface area contributed by atoms with Crippen molar-refractivity contribution in [3.63, 3.8) is 0 Å². The van der Waals surface area contributed by atoms with Gasteiger partial charge in [0.2, 0.25) is 0 Å². The van der Waals surface area contributed by atoms with Crippen molar-refractivity contribution in [2.75, 3.05) is 0 Å². The lowest BCUT2D eigenvalue weighted by atomic mass is 10.2. The molecule has 0 aliphatic carbocycles. The van der Waals surface area contributed by atoms with E-state index in [2.05, 4.69) is 5.32 Å². The molecule has 5 heteroatoms. The monoisotopic (exact) mass is 337 g/mol. The second-order valence-electron chi connectivity index (χ2n) is 4.98. The molecule has 1 amide bonds. The maximum atomic E-state index is 12.1. The summed E-state index contributed by atoms with van der Waals surface area (Å²) in [6.45, 7) is 3.98. The summed E-state index contributed by atoms with van der Waals surface area (Å²) in [6.07, 6.45) is -0.591. The fourth-order valence-electron chi connectivity index (χ4n) is 1.92. The van der Waals surface area contributed by atoms with Crippen molar-refractivity contribution in [2.24, 2.45) is 0 Å². The predicted molar refractivity (Wildman–Crippen MR) is 89.6 cm³/mol. The molecule has 3 nitrogen and oxygen atoms in total. The number of benzene rings is 2. The molecular weight excluding hydrogens is 321 g/mol. The normalized spacial score (nSPS) is 11.8. The van der Waals surface area contributed by atoms with Gasteiger partial charge in [-0.3, -0.25) is 4.79 Å². The summed E-state index contributed by atoms with van der Waals surface area (Å²) in [6, 6.07) is 12.8. The first-order valence-electron chi connectivity index (χ1n) is 6.91. The first kappa shape index (κ1) is 16.7. The van der Waals surface area contributed by atoms with Crippen molar-refractivity contribution in [1.29, 1.82) is 0 Å². The highest BCUT2D eigenvalue weighted by Gasteiger charge is 2.15. The van der Waals surface area contributed by atoms with Crippen LogP contribution in [0.2, 0.25) is 10.0 Å². The summed E-state index contributed by atoms with van der Waals surface area (Å²) in [4.78, 5) is 12.1. The molecule has 0 aromatic heterocycles. The Kier molecular flexibility index (Phi) is 5.69. The van der Waals surface area contributed by atoms with Crippen molar-refractivity contribution >= 4 is 29.1 Å². The Bertz CT molecular complexity index is 673. The lowest BCUT2D eigenvalue weighted by molar-refractivity contribution is -0.127. The smallest absolute Gasteiger partial charge is 0.261 e. The van der Waals surface area contributed by atoms with E-state index in [-0.39, 0.29) is 5.91 Å². The van der Waals surface area contributed by atoms with Gasteiger partial charge in [0.1, 0.15) is 5.75 Å². The molecule has 0 unspecified atom stereocenters. The van der Waals surface area contributed by atoms with Gasteiger partial charge in [0.25, 0.3) is 5.91 Å². The zero-order valence-electron chi connectivity index (χ0n) is 12.4. The van der Waals surface area contributed by atoms with Gasteiger partial charge in [0.15, 0.2) is 6.10 Å². The number of nitrogens with one attached hydrogen (secondary N) is 1. The number of carbonyl (C=O) groups is 1. The highest BCUT2D eigenvalue weighted by atomic mass is 35.5. The maximum absolute atomic E-state index is 12.1. The van der Waals surface area contributed by atoms with Crippen LogP contribution in [0.1, 0.15) is 18.1 Å². The summed E-state index contributed by atoms with van der Waals surface area (Å²) < 4.78 is 5.68. The molecule has 22 heavy (non-hydrogen) atoms. The summed E-state index contributed by atoms with van der Waals surface area (Å²) in [5.41, 5.74) is 1.80. The van der Waals surface area contributed by atoms with E-state index in [0.29, 0.717) is 22.3 Å². The van der Waals surface area contributed by atoms with E-state index >= 15 is 0 Å². The first-order chi connectivity index (χ1) is 10.5. The Morgan fingerprint density at radius 2 is 1.95 bits per heavy atom. The van der Waals surface area contributed by atoms with E-state index in [4.69, 9.17) is 27.9 Å². The Hall–Kier alpha value is -1.71. The number of halogens is 2. The van der Waals surface area contributed by atoms with E-state index in [1.165, 1.54) is 0 Å². The van der Waals surface area contributed by atoms with Gasteiger partial charge in [-0.05, 0) is 43.2 Å². The SMILES string of the molecule is Cc1ccccc1O[C@H](C)C(=O)NCc1ccc(Cl)cc1Cl. The Morgan fingerprint density at radius 1 is 1.23 bits per heavy atom. The molecule has 0 radical (unpaired) electrons. The third-order valence-corrected chi connectivity index (χ3v) is 3.82. The minimum atomic E-state index is -0.591. The molecule has 0 fully saturated rings. The molecule has 1 N–H and O–H groups in total. The molecule has 0 heterocycles. The Balaban J connectivity index is 1.93. The average Bonchev–Trinajstić information content (AvgIpc) is 2.48. The molecular formula is C17H17Cl2NO2. The summed E-state index contributed by atoms with van der Waals surface area (Å²) in [5, 5.41) is 3.90. The van der Waals surface area contributed by atoms with Gasteiger partial charge in [0.05, 0.1) is 0 Å². The van der Waals surface area contributed by atoms with Crippen molar-refractivity contribution in [3.05, 3.63) is 63.6 Å². The van der Waals surface area contributed by atoms with E-state index in [1.54, 1.807) is 25.1 Å². The number of rotatable bonds is 5. The summed E-state index contributed by atoms with van der Waals surface area (Å²) >= 11 is 11.9. The minimum Gasteiger partial charge on any atom is -0.481 e. The largest absolute Gasteiger partial charge is 0.481 e. The lowest BCUT2D eigenvalue weighted by Gasteiger charge is -2.16. The molecule has 116 valence electrons. The van der Waals surface area contributed by atoms with Crippen LogP contribution in [0.3, 0.4) is 0 Å². The third-order valence-electron chi connectivity index (χ3n) is 3.23. The van der Waals surface area contributed by atoms with Gasteiger partial charge in [-0.2, -0.15) is 0 Å². The molecule has 0 spiro atoms.